The highest BCUT2D eigenvalue weighted by Gasteiger charge is 2.78. The number of hydrogen-bond acceptors (Lipinski definition) is 6. The number of hydrogen-bond donors (Lipinski definition) is 0. The number of nitrogens with zero attached hydrogens (tertiary/aromatic N) is 2. The Balaban J connectivity index is 1.54. The van der Waals surface area contributed by atoms with Crippen molar-refractivity contribution >= 4 is 39.2 Å². The van der Waals surface area contributed by atoms with Crippen LogP contribution in [-0.2, 0) is 0 Å². The van der Waals surface area contributed by atoms with Gasteiger partial charge in [-0.25, -0.2) is 0 Å². The summed E-state index contributed by atoms with van der Waals surface area (Å²) in [5.74, 6) is -0.335. The predicted molar refractivity (Wildman–Crippen MR) is 159 cm³/mol. The molecular formula is C32H25BrN2O4S. The number of thioether (sulfide) groups is 1. The molecule has 0 N–H and O–H groups in total. The van der Waals surface area contributed by atoms with E-state index in [1.54, 1.807) is 0 Å². The van der Waals surface area contributed by atoms with Crippen LogP contribution in [0, 0.1) is 24.0 Å². The van der Waals surface area contributed by atoms with Crippen molar-refractivity contribution in [1.82, 2.24) is 0 Å². The fraction of sp³-hybridized carbons (Fsp3) is 0.219. The molecular weight excluding hydrogens is 588 g/mol. The minimum atomic E-state index is -1.65. The summed E-state index contributed by atoms with van der Waals surface area (Å²) in [5, 5.41) is 13.0. The number of ketones is 1. The number of benzene rings is 4. The zero-order valence-corrected chi connectivity index (χ0v) is 24.2. The van der Waals surface area contributed by atoms with Gasteiger partial charge in [-0.05, 0) is 49.7 Å². The minimum Gasteiger partial charge on any atom is -0.478 e. The van der Waals surface area contributed by atoms with Crippen LogP contribution >= 0.6 is 27.7 Å². The summed E-state index contributed by atoms with van der Waals surface area (Å²) in [6.07, 6.45) is -0.910. The Morgan fingerprint density at radius 2 is 1.65 bits per heavy atom. The number of ether oxygens (including phenoxy) is 1. The van der Waals surface area contributed by atoms with E-state index in [9.17, 15) is 14.9 Å². The Hall–Kier alpha value is -3.62. The zero-order chi connectivity index (χ0) is 27.8. The lowest BCUT2D eigenvalue weighted by molar-refractivity contribution is -0.585. The van der Waals surface area contributed by atoms with Gasteiger partial charge >= 0.3 is 5.54 Å². The standard InChI is InChI=1S/C32H25BrN2O4S/c1-18-7-11-20(12-8-18)29(36)28-27-23-17-22(33)15-16-25(23)39-30(21-13-9-19(2)10-14-21)32(27,35(37)38)31-34(28)24-5-3-4-6-26(24)40-31/h3-17,27-28,30-31H,1-2H3/t27-,28-,30-,31+,32-/m0/s1. The molecule has 5 atom stereocenters. The number of Topliss-reactive ketones (excluding diaryl/α,β-unsaturated/α-hetero) is 1. The number of fused-ring (bicyclic) bond motifs is 7. The topological polar surface area (TPSA) is 72.7 Å². The van der Waals surface area contributed by atoms with Crippen LogP contribution < -0.4 is 9.64 Å². The monoisotopic (exact) mass is 612 g/mol. The molecule has 1 fully saturated rings. The normalized spacial score (nSPS) is 25.8. The van der Waals surface area contributed by atoms with Crippen molar-refractivity contribution in [3.63, 3.8) is 0 Å². The third-order valence-corrected chi connectivity index (χ3v) is 10.3. The average Bonchev–Trinajstić information content (AvgIpc) is 3.47. The first-order valence-electron chi connectivity index (χ1n) is 13.1. The lowest BCUT2D eigenvalue weighted by atomic mass is 9.70. The van der Waals surface area contributed by atoms with E-state index in [4.69, 9.17) is 4.74 Å². The van der Waals surface area contributed by atoms with Crippen LogP contribution in [0.15, 0.2) is 100 Å². The van der Waals surface area contributed by atoms with Crippen LogP contribution in [0.1, 0.15) is 44.6 Å². The fourth-order valence-electron chi connectivity index (χ4n) is 6.60. The molecule has 0 amide bonds. The summed E-state index contributed by atoms with van der Waals surface area (Å²) in [5.41, 5.74) is 3.22. The highest BCUT2D eigenvalue weighted by molar-refractivity contribution is 9.10. The van der Waals surface area contributed by atoms with Crippen LogP contribution in [0.2, 0.25) is 0 Å². The predicted octanol–water partition coefficient (Wildman–Crippen LogP) is 7.50. The van der Waals surface area contributed by atoms with Crippen molar-refractivity contribution in [2.45, 2.75) is 47.7 Å². The Morgan fingerprint density at radius 3 is 2.35 bits per heavy atom. The van der Waals surface area contributed by atoms with Crippen molar-refractivity contribution in [2.75, 3.05) is 4.90 Å². The third kappa shape index (κ3) is 3.52. The number of carbonyl (C=O) groups excluding carboxylic acids is 1. The van der Waals surface area contributed by atoms with Crippen molar-refractivity contribution < 1.29 is 14.5 Å². The molecule has 4 aromatic rings. The van der Waals surface area contributed by atoms with Gasteiger partial charge in [0.15, 0.2) is 17.3 Å². The molecule has 3 aliphatic rings. The average molecular weight is 614 g/mol. The number of halogens is 1. The van der Waals surface area contributed by atoms with E-state index in [0.29, 0.717) is 16.9 Å². The van der Waals surface area contributed by atoms with E-state index in [-0.39, 0.29) is 10.7 Å². The van der Waals surface area contributed by atoms with Gasteiger partial charge in [-0.2, -0.15) is 0 Å². The maximum atomic E-state index is 14.6. The first-order valence-corrected chi connectivity index (χ1v) is 14.8. The Kier molecular flexibility index (Phi) is 5.84. The molecule has 3 heterocycles. The molecule has 0 saturated carbocycles. The van der Waals surface area contributed by atoms with Gasteiger partial charge in [-0.15, -0.1) is 0 Å². The Bertz CT molecular complexity index is 1680. The van der Waals surface area contributed by atoms with Gasteiger partial charge in [0.05, 0.1) is 11.6 Å². The quantitative estimate of drug-likeness (QED) is 0.135. The SMILES string of the molecule is Cc1ccc(C(=O)[C@@H]2[C@@H]3c4cc(Br)ccc4O[C@@H](c4ccc(C)cc4)[C@]3([N+](=O)[O-])[C@H]3Sc4ccccc4N23)cc1. The first kappa shape index (κ1) is 25.4. The molecule has 7 rings (SSSR count). The van der Waals surface area contributed by atoms with E-state index in [1.807, 2.05) is 110 Å². The second kappa shape index (κ2) is 9.21. The third-order valence-electron chi connectivity index (χ3n) is 8.42. The molecule has 0 unspecified atom stereocenters. The van der Waals surface area contributed by atoms with Gasteiger partial charge in [0.25, 0.3) is 0 Å². The van der Waals surface area contributed by atoms with Gasteiger partial charge in [-0.3, -0.25) is 14.9 Å². The largest absolute Gasteiger partial charge is 0.478 e. The molecule has 4 aromatic carbocycles. The van der Waals surface area contributed by atoms with E-state index >= 15 is 0 Å². The molecule has 0 spiro atoms. The molecule has 0 bridgehead atoms. The van der Waals surface area contributed by atoms with E-state index in [1.165, 1.54) is 11.8 Å². The summed E-state index contributed by atoms with van der Waals surface area (Å²) in [4.78, 5) is 31.1. The van der Waals surface area contributed by atoms with Crippen LogP contribution in [0.25, 0.3) is 0 Å². The molecule has 1 saturated heterocycles. The van der Waals surface area contributed by atoms with Crippen LogP contribution in [-0.4, -0.2) is 27.7 Å². The maximum Gasteiger partial charge on any atom is 0.301 e. The molecule has 0 aliphatic carbocycles. The first-order chi connectivity index (χ1) is 19.3. The summed E-state index contributed by atoms with van der Waals surface area (Å²) in [7, 11) is 0. The molecule has 3 aliphatic heterocycles. The van der Waals surface area contributed by atoms with Crippen molar-refractivity contribution in [2.24, 2.45) is 0 Å². The minimum absolute atomic E-state index is 0.133. The van der Waals surface area contributed by atoms with Crippen molar-refractivity contribution in [3.8, 4) is 5.75 Å². The molecule has 8 heteroatoms. The van der Waals surface area contributed by atoms with Crippen LogP contribution in [0.3, 0.4) is 0 Å². The molecule has 200 valence electrons. The van der Waals surface area contributed by atoms with Gasteiger partial charge in [-0.1, -0.05) is 99.5 Å². The number of nitro groups is 1. The lowest BCUT2D eigenvalue weighted by Crippen LogP contribution is -2.58. The van der Waals surface area contributed by atoms with Crippen LogP contribution in [0.5, 0.6) is 5.75 Å². The van der Waals surface area contributed by atoms with Gasteiger partial charge in [0.2, 0.25) is 0 Å². The molecule has 40 heavy (non-hydrogen) atoms. The van der Waals surface area contributed by atoms with Crippen molar-refractivity contribution in [1.29, 1.82) is 0 Å². The summed E-state index contributed by atoms with van der Waals surface area (Å²) >= 11 is 5.04. The van der Waals surface area contributed by atoms with Crippen LogP contribution in [0.4, 0.5) is 5.69 Å². The summed E-state index contributed by atoms with van der Waals surface area (Å²) in [6, 6.07) is 27.8. The molecule has 0 aromatic heterocycles. The number of aryl methyl sites for hydroxylation is 2. The molecule has 6 nitrogen and oxygen atoms in total. The van der Waals surface area contributed by atoms with Gasteiger partial charge in [0, 0.05) is 25.4 Å². The lowest BCUT2D eigenvalue weighted by Gasteiger charge is -2.42. The second-order valence-electron chi connectivity index (χ2n) is 10.7. The Morgan fingerprint density at radius 1 is 0.975 bits per heavy atom. The number of carbonyl (C=O) groups is 1. The van der Waals surface area contributed by atoms with E-state index < -0.39 is 29.0 Å². The number of anilines is 1. The van der Waals surface area contributed by atoms with E-state index in [0.717, 1.165) is 31.7 Å². The smallest absolute Gasteiger partial charge is 0.301 e. The number of rotatable bonds is 4. The number of para-hydroxylation sites is 1. The summed E-state index contributed by atoms with van der Waals surface area (Å²) in [6.45, 7) is 3.96. The van der Waals surface area contributed by atoms with E-state index in [2.05, 4.69) is 15.9 Å². The Labute approximate surface area is 244 Å². The fourth-order valence-corrected chi connectivity index (χ4v) is 8.57. The zero-order valence-electron chi connectivity index (χ0n) is 21.8. The summed E-state index contributed by atoms with van der Waals surface area (Å²) < 4.78 is 7.41. The second-order valence-corrected chi connectivity index (χ2v) is 12.8. The van der Waals surface area contributed by atoms with Crippen molar-refractivity contribution in [3.05, 3.63) is 133 Å². The highest BCUT2D eigenvalue weighted by Crippen LogP contribution is 2.66. The molecule has 0 radical (unpaired) electrons. The maximum absolute atomic E-state index is 14.6. The van der Waals surface area contributed by atoms with Gasteiger partial charge in [0.1, 0.15) is 11.8 Å². The van der Waals surface area contributed by atoms with Gasteiger partial charge < -0.3 is 9.64 Å². The highest BCUT2D eigenvalue weighted by atomic mass is 79.9.